The molecule has 2 aromatic carbocycles. The van der Waals surface area contributed by atoms with Gasteiger partial charge in [-0.25, -0.2) is 4.98 Å². The molecule has 0 amide bonds. The lowest BCUT2D eigenvalue weighted by molar-refractivity contribution is -0.185. The zero-order valence-electron chi connectivity index (χ0n) is 22.6. The molecule has 9 heteroatoms. The molecule has 1 aliphatic heterocycles. The van der Waals surface area contributed by atoms with Gasteiger partial charge in [0, 0.05) is 31.5 Å². The van der Waals surface area contributed by atoms with Gasteiger partial charge in [0.25, 0.3) is 0 Å². The van der Waals surface area contributed by atoms with Crippen molar-refractivity contribution in [3.8, 4) is 22.9 Å². The van der Waals surface area contributed by atoms with E-state index in [1.807, 2.05) is 36.4 Å². The number of ether oxygens (including phenoxy) is 3. The largest absolute Gasteiger partial charge is 0.496 e. The molecule has 8 nitrogen and oxygen atoms in total. The molecule has 2 fully saturated rings. The molecule has 1 aliphatic carbocycles. The summed E-state index contributed by atoms with van der Waals surface area (Å²) in [5.74, 6) is 1.02. The minimum absolute atomic E-state index is 0.0952. The normalized spacial score (nSPS) is 21.7. The molecule has 1 aromatic heterocycles. The summed E-state index contributed by atoms with van der Waals surface area (Å²) in [6.07, 6.45) is 5.45. The van der Waals surface area contributed by atoms with Crippen molar-refractivity contribution in [2.24, 2.45) is 18.9 Å². The van der Waals surface area contributed by atoms with Crippen LogP contribution in [0.3, 0.4) is 0 Å². The van der Waals surface area contributed by atoms with Crippen molar-refractivity contribution in [1.29, 1.82) is 0 Å². The fourth-order valence-corrected chi connectivity index (χ4v) is 6.29. The highest BCUT2D eigenvalue weighted by Crippen LogP contribution is 2.46. The summed E-state index contributed by atoms with van der Waals surface area (Å²) in [4.78, 5) is 31.7. The van der Waals surface area contributed by atoms with E-state index in [9.17, 15) is 9.59 Å². The van der Waals surface area contributed by atoms with Crippen LogP contribution in [0, 0.1) is 11.8 Å². The number of esters is 1. The summed E-state index contributed by atoms with van der Waals surface area (Å²) in [5.41, 5.74) is 0.929. The van der Waals surface area contributed by atoms with E-state index >= 15 is 0 Å². The minimum Gasteiger partial charge on any atom is -0.496 e. The molecule has 39 heavy (non-hydrogen) atoms. The second kappa shape index (κ2) is 11.4. The van der Waals surface area contributed by atoms with E-state index in [4.69, 9.17) is 25.8 Å². The lowest BCUT2D eigenvalue weighted by Crippen LogP contribution is -2.52. The summed E-state index contributed by atoms with van der Waals surface area (Å²) in [6, 6.07) is 13.2. The Bertz CT molecular complexity index is 1330. The third-order valence-electron chi connectivity index (χ3n) is 8.19. The maximum atomic E-state index is 13.6. The number of hydrogen-bond acceptors (Lipinski definition) is 7. The van der Waals surface area contributed by atoms with Crippen LogP contribution in [-0.4, -0.2) is 46.3 Å². The van der Waals surface area contributed by atoms with Crippen molar-refractivity contribution in [3.63, 3.8) is 0 Å². The van der Waals surface area contributed by atoms with Crippen LogP contribution < -0.4 is 9.47 Å². The number of aryl methyl sites for hydroxylation is 2. The first kappa shape index (κ1) is 27.2. The van der Waals surface area contributed by atoms with E-state index in [1.165, 1.54) is 0 Å². The molecule has 1 saturated heterocycles. The molecular formula is C30H34ClN3O5. The second-order valence-corrected chi connectivity index (χ2v) is 10.9. The fraction of sp³-hybridized carbons (Fsp3) is 0.467. The highest BCUT2D eigenvalue weighted by Gasteiger charge is 2.51. The number of rotatable bonds is 9. The predicted octanol–water partition coefficient (Wildman–Crippen LogP) is 5.39. The number of hydrogen-bond donors (Lipinski definition) is 0. The summed E-state index contributed by atoms with van der Waals surface area (Å²) in [5, 5.41) is 4.98. The van der Waals surface area contributed by atoms with Gasteiger partial charge in [0.2, 0.25) is 0 Å². The van der Waals surface area contributed by atoms with Gasteiger partial charge < -0.3 is 14.2 Å². The van der Waals surface area contributed by atoms with Gasteiger partial charge in [-0.05, 0) is 43.2 Å². The Kier molecular flexibility index (Phi) is 7.93. The Labute approximate surface area is 233 Å². The Morgan fingerprint density at radius 2 is 1.79 bits per heavy atom. The van der Waals surface area contributed by atoms with Gasteiger partial charge in [0.1, 0.15) is 28.8 Å². The number of benzene rings is 2. The number of Topliss-reactive ketones (excluding diaryl/α,β-unsaturated/α-hetero) is 1. The molecule has 0 N–H and O–H groups in total. The third-order valence-corrected chi connectivity index (χ3v) is 8.49. The number of aromatic nitrogens is 3. The van der Waals surface area contributed by atoms with Gasteiger partial charge in [0.15, 0.2) is 11.6 Å². The van der Waals surface area contributed by atoms with Crippen LogP contribution in [0.15, 0.2) is 42.5 Å². The van der Waals surface area contributed by atoms with E-state index in [2.05, 4.69) is 10.1 Å². The van der Waals surface area contributed by atoms with Crippen LogP contribution in [0.2, 0.25) is 5.02 Å². The number of cyclic esters (lactones) is 1. The molecular weight excluding hydrogens is 518 g/mol. The van der Waals surface area contributed by atoms with Crippen LogP contribution in [0.1, 0.15) is 49.9 Å². The minimum atomic E-state index is -0.893. The molecule has 2 unspecified atom stereocenters. The number of carbonyl (C=O) groups is 2. The monoisotopic (exact) mass is 551 g/mol. The number of carbonyl (C=O) groups excluding carboxylic acids is 2. The SMILES string of the molecule is COc1cc(OC)c(CCC2(C3CCCC3)CC(=O)C(Cc3nc(-c4ccccc4)nn3C)C(=O)O2)cc1Cl. The molecule has 3 aromatic rings. The van der Waals surface area contributed by atoms with Crippen molar-refractivity contribution in [2.75, 3.05) is 14.2 Å². The summed E-state index contributed by atoms with van der Waals surface area (Å²) < 4.78 is 18.8. The van der Waals surface area contributed by atoms with E-state index in [-0.39, 0.29) is 24.5 Å². The molecule has 2 heterocycles. The lowest BCUT2D eigenvalue weighted by Gasteiger charge is -2.43. The standard InChI is InChI=1S/C30H34ClN3O5/c1-34-27(32-28(33-34)19-9-5-4-6-10-19)16-22-24(35)18-30(39-29(22)36,21-11-7-8-12-21)14-13-20-15-23(31)26(38-3)17-25(20)37-2/h4-6,9-10,15,17,21-22H,7-8,11-14,16,18H2,1-3H3. The third kappa shape index (κ3) is 5.53. The highest BCUT2D eigenvalue weighted by molar-refractivity contribution is 6.32. The lowest BCUT2D eigenvalue weighted by atomic mass is 9.73. The fourth-order valence-electron chi connectivity index (χ4n) is 6.03. The molecule has 0 radical (unpaired) electrons. The van der Waals surface area contributed by atoms with Gasteiger partial charge >= 0.3 is 5.97 Å². The first-order chi connectivity index (χ1) is 18.8. The van der Waals surface area contributed by atoms with Crippen LogP contribution in [0.4, 0.5) is 0 Å². The van der Waals surface area contributed by atoms with Crippen molar-refractivity contribution in [1.82, 2.24) is 14.8 Å². The van der Waals surface area contributed by atoms with Crippen LogP contribution in [0.25, 0.3) is 11.4 Å². The van der Waals surface area contributed by atoms with Gasteiger partial charge in [-0.15, -0.1) is 0 Å². The first-order valence-corrected chi connectivity index (χ1v) is 13.8. The molecule has 1 saturated carbocycles. The van der Waals surface area contributed by atoms with Crippen molar-refractivity contribution in [2.45, 2.75) is 57.0 Å². The Balaban J connectivity index is 1.36. The number of methoxy groups -OCH3 is 2. The summed E-state index contributed by atoms with van der Waals surface area (Å²) >= 11 is 6.40. The van der Waals surface area contributed by atoms with E-state index in [0.717, 1.165) is 36.8 Å². The summed E-state index contributed by atoms with van der Waals surface area (Å²) in [7, 11) is 4.94. The second-order valence-electron chi connectivity index (χ2n) is 10.5. The molecule has 2 aliphatic rings. The Morgan fingerprint density at radius 1 is 1.08 bits per heavy atom. The average Bonchev–Trinajstić information content (AvgIpc) is 3.61. The van der Waals surface area contributed by atoms with Gasteiger partial charge in [-0.3, -0.25) is 14.3 Å². The van der Waals surface area contributed by atoms with E-state index in [1.54, 1.807) is 32.0 Å². The van der Waals surface area contributed by atoms with Gasteiger partial charge in [-0.2, -0.15) is 5.10 Å². The molecule has 0 bridgehead atoms. The van der Waals surface area contributed by atoms with Crippen LogP contribution >= 0.6 is 11.6 Å². The Morgan fingerprint density at radius 3 is 2.46 bits per heavy atom. The predicted molar refractivity (Wildman–Crippen MR) is 147 cm³/mol. The topological polar surface area (TPSA) is 92.5 Å². The summed E-state index contributed by atoms with van der Waals surface area (Å²) in [6.45, 7) is 0. The highest BCUT2D eigenvalue weighted by atomic mass is 35.5. The smallest absolute Gasteiger partial charge is 0.317 e. The quantitative estimate of drug-likeness (QED) is 0.260. The zero-order chi connectivity index (χ0) is 27.6. The van der Waals surface area contributed by atoms with Crippen LogP contribution in [-0.2, 0) is 34.2 Å². The number of halogens is 1. The number of ketones is 1. The van der Waals surface area contributed by atoms with Gasteiger partial charge in [0.05, 0.1) is 19.2 Å². The van der Waals surface area contributed by atoms with Crippen LogP contribution in [0.5, 0.6) is 11.5 Å². The average molecular weight is 552 g/mol. The number of nitrogens with zero attached hydrogens (tertiary/aromatic N) is 3. The maximum absolute atomic E-state index is 13.6. The molecule has 206 valence electrons. The maximum Gasteiger partial charge on any atom is 0.317 e. The van der Waals surface area contributed by atoms with E-state index in [0.29, 0.717) is 41.0 Å². The zero-order valence-corrected chi connectivity index (χ0v) is 23.4. The van der Waals surface area contributed by atoms with Gasteiger partial charge in [-0.1, -0.05) is 54.8 Å². The molecule has 5 rings (SSSR count). The van der Waals surface area contributed by atoms with Crippen molar-refractivity contribution < 1.29 is 23.8 Å². The van der Waals surface area contributed by atoms with Crippen molar-refractivity contribution >= 4 is 23.4 Å². The molecule has 2 atom stereocenters. The van der Waals surface area contributed by atoms with E-state index < -0.39 is 17.5 Å². The molecule has 0 spiro atoms. The first-order valence-electron chi connectivity index (χ1n) is 13.4. The Hall–Kier alpha value is -3.39. The van der Waals surface area contributed by atoms with Crippen molar-refractivity contribution in [3.05, 3.63) is 58.9 Å².